The van der Waals surface area contributed by atoms with Gasteiger partial charge in [-0.25, -0.2) is 0 Å². The predicted octanol–water partition coefficient (Wildman–Crippen LogP) is 3.10. The fraction of sp³-hybridized carbons (Fsp3) is 0.538. The van der Waals surface area contributed by atoms with Gasteiger partial charge in [-0.15, -0.1) is 12.4 Å². The van der Waals surface area contributed by atoms with Crippen LogP contribution >= 0.6 is 12.4 Å². The Morgan fingerprint density at radius 1 is 1.33 bits per heavy atom. The molecule has 2 aliphatic rings. The minimum atomic E-state index is 0. The molecule has 1 nitrogen and oxygen atoms in total. The molecular weight excluding hydrogens is 206 g/mol. The van der Waals surface area contributed by atoms with Gasteiger partial charge in [0.25, 0.3) is 0 Å². The maximum absolute atomic E-state index is 3.68. The van der Waals surface area contributed by atoms with E-state index in [1.807, 2.05) is 0 Å². The van der Waals surface area contributed by atoms with Gasteiger partial charge in [0.05, 0.1) is 0 Å². The van der Waals surface area contributed by atoms with Gasteiger partial charge >= 0.3 is 0 Å². The number of fused-ring (bicyclic) bond motifs is 3. The first-order chi connectivity index (χ1) is 6.80. The number of hydrogen-bond donors (Lipinski definition) is 1. The molecule has 1 N–H and O–H groups in total. The molecule has 1 aliphatic heterocycles. The molecule has 0 radical (unpaired) electrons. The Hall–Kier alpha value is -0.530. The summed E-state index contributed by atoms with van der Waals surface area (Å²) in [4.78, 5) is 0. The van der Waals surface area contributed by atoms with Gasteiger partial charge in [0.2, 0.25) is 0 Å². The first-order valence-corrected chi connectivity index (χ1v) is 5.61. The summed E-state index contributed by atoms with van der Waals surface area (Å²) in [6.07, 6.45) is 3.97. The lowest BCUT2D eigenvalue weighted by molar-refractivity contribution is 0.178. The molecule has 2 atom stereocenters. The smallest absolute Gasteiger partial charge is 0.0380 e. The van der Waals surface area contributed by atoms with Crippen molar-refractivity contribution >= 4 is 12.4 Å². The average Bonchev–Trinajstić information content (AvgIpc) is 2.49. The van der Waals surface area contributed by atoms with Crippen molar-refractivity contribution in [1.29, 1.82) is 0 Å². The number of hydrogen-bond acceptors (Lipinski definition) is 1. The van der Waals surface area contributed by atoms with Crippen molar-refractivity contribution in [2.45, 2.75) is 32.2 Å². The maximum Gasteiger partial charge on any atom is 0.0380 e. The highest BCUT2D eigenvalue weighted by atomic mass is 35.5. The van der Waals surface area contributed by atoms with E-state index in [9.17, 15) is 0 Å². The molecule has 1 aromatic rings. The zero-order valence-electron chi connectivity index (χ0n) is 9.12. The van der Waals surface area contributed by atoms with Crippen molar-refractivity contribution < 1.29 is 0 Å². The molecule has 0 amide bonds. The van der Waals surface area contributed by atoms with Crippen LogP contribution in [0.4, 0.5) is 0 Å². The molecule has 3 rings (SSSR count). The summed E-state index contributed by atoms with van der Waals surface area (Å²) < 4.78 is 0. The summed E-state index contributed by atoms with van der Waals surface area (Å²) in [7, 11) is 0. The predicted molar refractivity (Wildman–Crippen MR) is 65.5 cm³/mol. The van der Waals surface area contributed by atoms with Gasteiger partial charge in [-0.2, -0.15) is 0 Å². The standard InChI is InChI=1S/C13H17N.ClH/c1-13-7-4-8-14-12(13)11-6-3-2-5-10(11)9-13;/h2-3,5-6,12,14H,4,7-9H2,1H3;1H/t12-,13+;/m0./s1. The lowest BCUT2D eigenvalue weighted by Crippen LogP contribution is -2.38. The fourth-order valence-corrected chi connectivity index (χ4v) is 3.22. The normalized spacial score (nSPS) is 32.7. The van der Waals surface area contributed by atoms with Crippen LogP contribution < -0.4 is 5.32 Å². The SMILES string of the molecule is C[C@]12CCCN[C@H]1c1ccccc1C2.Cl. The van der Waals surface area contributed by atoms with E-state index in [2.05, 4.69) is 36.5 Å². The lowest BCUT2D eigenvalue weighted by atomic mass is 9.76. The largest absolute Gasteiger partial charge is 0.309 e. The number of rotatable bonds is 0. The van der Waals surface area contributed by atoms with Gasteiger partial charge in [0.15, 0.2) is 0 Å². The van der Waals surface area contributed by atoms with Crippen molar-refractivity contribution in [2.24, 2.45) is 5.41 Å². The molecule has 15 heavy (non-hydrogen) atoms. The van der Waals surface area contributed by atoms with E-state index >= 15 is 0 Å². The zero-order valence-corrected chi connectivity index (χ0v) is 9.94. The Balaban J connectivity index is 0.000000853. The number of halogens is 1. The van der Waals surface area contributed by atoms with Crippen molar-refractivity contribution in [3.63, 3.8) is 0 Å². The van der Waals surface area contributed by atoms with Crippen LogP contribution in [-0.4, -0.2) is 6.54 Å². The Kier molecular flexibility index (Phi) is 2.78. The quantitative estimate of drug-likeness (QED) is 0.713. The Morgan fingerprint density at radius 2 is 2.13 bits per heavy atom. The second kappa shape index (κ2) is 3.80. The zero-order chi connectivity index (χ0) is 9.60. The van der Waals surface area contributed by atoms with Gasteiger partial charge in [0.1, 0.15) is 0 Å². The molecule has 0 unspecified atom stereocenters. The van der Waals surface area contributed by atoms with Crippen molar-refractivity contribution in [3.8, 4) is 0 Å². The minimum Gasteiger partial charge on any atom is -0.309 e. The third kappa shape index (κ3) is 1.58. The maximum atomic E-state index is 3.68. The van der Waals surface area contributed by atoms with Crippen molar-refractivity contribution in [1.82, 2.24) is 5.32 Å². The van der Waals surface area contributed by atoms with E-state index in [-0.39, 0.29) is 12.4 Å². The van der Waals surface area contributed by atoms with E-state index in [4.69, 9.17) is 0 Å². The molecule has 1 aromatic carbocycles. The topological polar surface area (TPSA) is 12.0 Å². The van der Waals surface area contributed by atoms with Crippen LogP contribution in [0.25, 0.3) is 0 Å². The summed E-state index contributed by atoms with van der Waals surface area (Å²) >= 11 is 0. The highest BCUT2D eigenvalue weighted by Crippen LogP contribution is 2.49. The molecule has 0 spiro atoms. The lowest BCUT2D eigenvalue weighted by Gasteiger charge is -2.37. The summed E-state index contributed by atoms with van der Waals surface area (Å²) in [6.45, 7) is 3.62. The van der Waals surface area contributed by atoms with E-state index in [0.29, 0.717) is 11.5 Å². The summed E-state index contributed by atoms with van der Waals surface area (Å²) in [5, 5.41) is 3.68. The van der Waals surface area contributed by atoms with E-state index < -0.39 is 0 Å². The monoisotopic (exact) mass is 223 g/mol. The van der Waals surface area contributed by atoms with Crippen molar-refractivity contribution in [3.05, 3.63) is 35.4 Å². The highest BCUT2D eigenvalue weighted by Gasteiger charge is 2.43. The fourth-order valence-electron chi connectivity index (χ4n) is 3.22. The summed E-state index contributed by atoms with van der Waals surface area (Å²) in [5.74, 6) is 0. The number of benzene rings is 1. The number of piperidine rings is 1. The van der Waals surface area contributed by atoms with E-state index in [0.717, 1.165) is 0 Å². The Bertz CT molecular complexity index is 363. The van der Waals surface area contributed by atoms with Crippen LogP contribution in [0.2, 0.25) is 0 Å². The van der Waals surface area contributed by atoms with Crippen LogP contribution in [-0.2, 0) is 6.42 Å². The van der Waals surface area contributed by atoms with Crippen LogP contribution in [0.5, 0.6) is 0 Å². The molecule has 0 saturated carbocycles. The number of nitrogens with one attached hydrogen (secondary N) is 1. The first-order valence-electron chi connectivity index (χ1n) is 5.61. The van der Waals surface area contributed by atoms with Gasteiger partial charge in [0, 0.05) is 6.04 Å². The van der Waals surface area contributed by atoms with Crippen LogP contribution in [0.3, 0.4) is 0 Å². The van der Waals surface area contributed by atoms with Crippen LogP contribution in [0.15, 0.2) is 24.3 Å². The second-order valence-electron chi connectivity index (χ2n) is 5.02. The van der Waals surface area contributed by atoms with Gasteiger partial charge in [-0.3, -0.25) is 0 Å². The molecule has 1 fully saturated rings. The Morgan fingerprint density at radius 3 is 3.00 bits per heavy atom. The summed E-state index contributed by atoms with van der Waals surface area (Å²) in [6, 6.07) is 9.54. The molecule has 0 bridgehead atoms. The molecule has 2 heteroatoms. The molecule has 1 aliphatic carbocycles. The van der Waals surface area contributed by atoms with Gasteiger partial charge in [-0.05, 0) is 42.3 Å². The van der Waals surface area contributed by atoms with Crippen LogP contribution in [0, 0.1) is 5.41 Å². The van der Waals surface area contributed by atoms with E-state index in [1.165, 1.54) is 25.8 Å². The van der Waals surface area contributed by atoms with Gasteiger partial charge in [-0.1, -0.05) is 31.2 Å². The van der Waals surface area contributed by atoms with Crippen molar-refractivity contribution in [2.75, 3.05) is 6.54 Å². The first kappa shape index (κ1) is 11.0. The molecule has 0 aromatic heterocycles. The average molecular weight is 224 g/mol. The third-order valence-electron chi connectivity index (χ3n) is 3.93. The van der Waals surface area contributed by atoms with E-state index in [1.54, 1.807) is 11.1 Å². The summed E-state index contributed by atoms with van der Waals surface area (Å²) in [5.41, 5.74) is 3.60. The van der Waals surface area contributed by atoms with Gasteiger partial charge < -0.3 is 5.32 Å². The molecule has 82 valence electrons. The Labute approximate surface area is 97.7 Å². The second-order valence-corrected chi connectivity index (χ2v) is 5.02. The molecular formula is C13H18ClN. The molecule has 1 heterocycles. The third-order valence-corrected chi connectivity index (χ3v) is 3.93. The van der Waals surface area contributed by atoms with Crippen LogP contribution in [0.1, 0.15) is 36.9 Å². The molecule has 1 saturated heterocycles. The highest BCUT2D eigenvalue weighted by molar-refractivity contribution is 5.85. The minimum absolute atomic E-state index is 0.